The van der Waals surface area contributed by atoms with Gasteiger partial charge in [0.05, 0.1) is 24.5 Å². The normalized spacial score (nSPS) is 23.4. The van der Waals surface area contributed by atoms with E-state index in [9.17, 15) is 4.79 Å². The van der Waals surface area contributed by atoms with Gasteiger partial charge in [0, 0.05) is 43.9 Å². The molecule has 2 unspecified atom stereocenters. The lowest BCUT2D eigenvalue weighted by atomic mass is 9.94. The van der Waals surface area contributed by atoms with Gasteiger partial charge in [0.1, 0.15) is 0 Å². The van der Waals surface area contributed by atoms with Crippen molar-refractivity contribution in [1.29, 1.82) is 0 Å². The van der Waals surface area contributed by atoms with E-state index in [0.717, 1.165) is 25.2 Å². The lowest BCUT2D eigenvalue weighted by Gasteiger charge is -2.32. The second-order valence-electron chi connectivity index (χ2n) is 5.68. The predicted octanol–water partition coefficient (Wildman–Crippen LogP) is 1.19. The molecule has 1 heterocycles. The minimum atomic E-state index is -0.763. The van der Waals surface area contributed by atoms with Crippen molar-refractivity contribution in [1.82, 2.24) is 10.2 Å². The lowest BCUT2D eigenvalue weighted by Crippen LogP contribution is -2.40. The number of aliphatic hydroxyl groups is 1. The molecule has 0 fully saturated rings. The largest absolute Gasteiger partial charge is 0.481 e. The molecule has 1 aliphatic carbocycles. The monoisotopic (exact) mass is 329 g/mol. The first-order chi connectivity index (χ1) is 10.6. The average molecular weight is 330 g/mol. The molecule has 6 nitrogen and oxygen atoms in total. The number of carbonyl (C=O) groups is 1. The molecule has 0 aromatic rings. The molecule has 2 atom stereocenters. The maximum absolute atomic E-state index is 10.6. The number of carboxylic acids is 1. The van der Waals surface area contributed by atoms with Gasteiger partial charge in [0.25, 0.3) is 0 Å². The third-order valence-electron chi connectivity index (χ3n) is 4.10. The van der Waals surface area contributed by atoms with E-state index in [0.29, 0.717) is 25.3 Å². The number of rotatable bonds is 9. The molecule has 0 aromatic heterocycles. The van der Waals surface area contributed by atoms with Gasteiger partial charge in [0.2, 0.25) is 0 Å². The Labute approximate surface area is 135 Å². The summed E-state index contributed by atoms with van der Waals surface area (Å²) in [6, 6.07) is 0.520. The Balaban J connectivity index is 1.85. The van der Waals surface area contributed by atoms with Crippen LogP contribution in [0.2, 0.25) is 0 Å². The lowest BCUT2D eigenvalue weighted by molar-refractivity contribution is -0.137. The molecule has 0 spiro atoms. The molecule has 3 N–H and O–H groups in total. The Morgan fingerprint density at radius 1 is 1.50 bits per heavy atom. The van der Waals surface area contributed by atoms with Crippen molar-refractivity contribution in [2.24, 2.45) is 4.99 Å². The molecule has 0 aromatic carbocycles. The molecule has 0 bridgehead atoms. The van der Waals surface area contributed by atoms with Gasteiger partial charge in [-0.15, -0.1) is 11.6 Å². The Kier molecular flexibility index (Phi) is 6.51. The quantitative estimate of drug-likeness (QED) is 0.553. The summed E-state index contributed by atoms with van der Waals surface area (Å²) in [5.41, 5.74) is 1.21. The first kappa shape index (κ1) is 17.1. The molecule has 124 valence electrons. The summed E-state index contributed by atoms with van der Waals surface area (Å²) in [6.45, 7) is 1.45. The van der Waals surface area contributed by atoms with E-state index >= 15 is 0 Å². The van der Waals surface area contributed by atoms with Crippen LogP contribution in [0.4, 0.5) is 0 Å². The Morgan fingerprint density at radius 2 is 2.32 bits per heavy atom. The average Bonchev–Trinajstić information content (AvgIpc) is 2.88. The summed E-state index contributed by atoms with van der Waals surface area (Å²) in [5, 5.41) is 21.3. The van der Waals surface area contributed by atoms with Crippen LogP contribution in [0.15, 0.2) is 16.8 Å². The number of hydrogen-bond donors (Lipinski definition) is 3. The molecule has 22 heavy (non-hydrogen) atoms. The minimum absolute atomic E-state index is 0.118. The van der Waals surface area contributed by atoms with Gasteiger partial charge in [0.15, 0.2) is 0 Å². The molecule has 2 aliphatic rings. The van der Waals surface area contributed by atoms with E-state index in [4.69, 9.17) is 21.8 Å². The second-order valence-corrected chi connectivity index (χ2v) is 6.05. The van der Waals surface area contributed by atoms with Crippen molar-refractivity contribution in [3.05, 3.63) is 11.8 Å². The SMILES string of the molecule is O=C(O)CCCC1=NC2CC=C(N(CCO)CCCl)CC2N1. The highest BCUT2D eigenvalue weighted by atomic mass is 35.5. The number of aliphatic hydroxyl groups excluding tert-OH is 1. The molecular weight excluding hydrogens is 306 g/mol. The van der Waals surface area contributed by atoms with Crippen LogP contribution in [-0.4, -0.2) is 64.6 Å². The highest BCUT2D eigenvalue weighted by Crippen LogP contribution is 2.27. The van der Waals surface area contributed by atoms with Crippen molar-refractivity contribution in [3.8, 4) is 0 Å². The van der Waals surface area contributed by atoms with E-state index in [1.807, 2.05) is 0 Å². The standard InChI is InChI=1S/C15H24ClN3O3/c16-6-7-19(8-9-20)11-4-5-12-13(10-11)18-14(17-12)2-1-3-15(21)22/h4,12-13,20H,1-3,5-10H2,(H,17,18)(H,21,22). The fourth-order valence-electron chi connectivity index (χ4n) is 3.03. The zero-order chi connectivity index (χ0) is 15.9. The van der Waals surface area contributed by atoms with Crippen molar-refractivity contribution >= 4 is 23.4 Å². The number of nitrogens with one attached hydrogen (secondary N) is 1. The zero-order valence-corrected chi connectivity index (χ0v) is 13.4. The van der Waals surface area contributed by atoms with Crippen LogP contribution < -0.4 is 5.32 Å². The van der Waals surface area contributed by atoms with E-state index in [1.54, 1.807) is 0 Å². The molecule has 0 saturated carbocycles. The van der Waals surface area contributed by atoms with Crippen LogP contribution >= 0.6 is 11.6 Å². The number of carboxylic acid groups (broad SMARTS) is 1. The molecule has 2 rings (SSSR count). The Bertz CT molecular complexity index is 447. The van der Waals surface area contributed by atoms with Gasteiger partial charge in [-0.3, -0.25) is 9.79 Å². The summed E-state index contributed by atoms with van der Waals surface area (Å²) in [5.74, 6) is 0.702. The molecule has 7 heteroatoms. The third-order valence-corrected chi connectivity index (χ3v) is 4.27. The molecule has 0 amide bonds. The second kappa shape index (κ2) is 8.39. The minimum Gasteiger partial charge on any atom is -0.481 e. The maximum atomic E-state index is 10.6. The number of alkyl halides is 1. The maximum Gasteiger partial charge on any atom is 0.303 e. The summed E-state index contributed by atoms with van der Waals surface area (Å²) < 4.78 is 0. The van der Waals surface area contributed by atoms with Crippen molar-refractivity contribution in [3.63, 3.8) is 0 Å². The fraction of sp³-hybridized carbons (Fsp3) is 0.733. The molecule has 0 saturated heterocycles. The van der Waals surface area contributed by atoms with Gasteiger partial charge < -0.3 is 20.4 Å². The van der Waals surface area contributed by atoms with Crippen molar-refractivity contribution in [2.45, 2.75) is 44.2 Å². The highest BCUT2D eigenvalue weighted by Gasteiger charge is 2.32. The number of halogens is 1. The van der Waals surface area contributed by atoms with Crippen LogP contribution in [0, 0.1) is 0 Å². The number of aliphatic carboxylic acids is 1. The van der Waals surface area contributed by atoms with Crippen molar-refractivity contribution in [2.75, 3.05) is 25.6 Å². The smallest absolute Gasteiger partial charge is 0.303 e. The molecule has 1 aliphatic heterocycles. The van der Waals surface area contributed by atoms with Crippen LogP contribution in [0.5, 0.6) is 0 Å². The molecule has 0 radical (unpaired) electrons. The topological polar surface area (TPSA) is 85.2 Å². The number of fused-ring (bicyclic) bond motifs is 1. The zero-order valence-electron chi connectivity index (χ0n) is 12.7. The Morgan fingerprint density at radius 3 is 3.00 bits per heavy atom. The van der Waals surface area contributed by atoms with Gasteiger partial charge in [-0.05, 0) is 12.8 Å². The van der Waals surface area contributed by atoms with Crippen molar-refractivity contribution < 1.29 is 15.0 Å². The van der Waals surface area contributed by atoms with E-state index in [1.165, 1.54) is 5.70 Å². The molecular formula is C15H24ClN3O3. The van der Waals surface area contributed by atoms with E-state index in [2.05, 4.69) is 21.3 Å². The first-order valence-corrected chi connectivity index (χ1v) is 8.33. The van der Waals surface area contributed by atoms with Gasteiger partial charge in [-0.2, -0.15) is 0 Å². The van der Waals surface area contributed by atoms with E-state index < -0.39 is 5.97 Å². The highest BCUT2D eigenvalue weighted by molar-refractivity contribution is 6.18. The summed E-state index contributed by atoms with van der Waals surface area (Å²) >= 11 is 5.83. The number of hydrogen-bond acceptors (Lipinski definition) is 5. The van der Waals surface area contributed by atoms with Crippen LogP contribution in [0.3, 0.4) is 0 Å². The summed E-state index contributed by atoms with van der Waals surface area (Å²) in [6.07, 6.45) is 5.42. The van der Waals surface area contributed by atoms with Gasteiger partial charge in [-0.25, -0.2) is 0 Å². The van der Waals surface area contributed by atoms with Crippen LogP contribution in [0.1, 0.15) is 32.1 Å². The number of amidine groups is 1. The number of aliphatic imine (C=N–C) groups is 1. The van der Waals surface area contributed by atoms with Crippen LogP contribution in [0.25, 0.3) is 0 Å². The first-order valence-electron chi connectivity index (χ1n) is 7.80. The number of nitrogens with zero attached hydrogens (tertiary/aromatic N) is 2. The van der Waals surface area contributed by atoms with E-state index in [-0.39, 0.29) is 25.1 Å². The predicted molar refractivity (Wildman–Crippen MR) is 86.3 cm³/mol. The fourth-order valence-corrected chi connectivity index (χ4v) is 3.23. The Hall–Kier alpha value is -1.27. The summed E-state index contributed by atoms with van der Waals surface area (Å²) in [7, 11) is 0. The van der Waals surface area contributed by atoms with Gasteiger partial charge in [-0.1, -0.05) is 6.08 Å². The third kappa shape index (κ3) is 4.61. The summed E-state index contributed by atoms with van der Waals surface area (Å²) in [4.78, 5) is 17.4. The van der Waals surface area contributed by atoms with Crippen LogP contribution in [-0.2, 0) is 4.79 Å². The van der Waals surface area contributed by atoms with Gasteiger partial charge >= 0.3 is 5.97 Å².